The van der Waals surface area contributed by atoms with Gasteiger partial charge in [-0.15, -0.1) is 0 Å². The van der Waals surface area contributed by atoms with Crippen LogP contribution in [0.5, 0.6) is 0 Å². The number of nitro groups is 1. The fourth-order valence-electron chi connectivity index (χ4n) is 3.22. The van der Waals surface area contributed by atoms with E-state index in [1.807, 2.05) is 42.5 Å². The van der Waals surface area contributed by atoms with Gasteiger partial charge in [0, 0.05) is 36.2 Å². The minimum absolute atomic E-state index is 0.0627. The van der Waals surface area contributed by atoms with E-state index in [1.165, 1.54) is 24.3 Å². The molecule has 2 amide bonds. The van der Waals surface area contributed by atoms with Gasteiger partial charge in [0.15, 0.2) is 0 Å². The summed E-state index contributed by atoms with van der Waals surface area (Å²) >= 11 is 0. The van der Waals surface area contributed by atoms with Crippen LogP contribution in [-0.4, -0.2) is 33.3 Å². The lowest BCUT2D eigenvalue weighted by atomic mass is 10.1. The number of H-pyrrole nitrogens is 1. The van der Waals surface area contributed by atoms with Crippen molar-refractivity contribution in [1.29, 1.82) is 0 Å². The van der Waals surface area contributed by atoms with Gasteiger partial charge in [0.25, 0.3) is 11.6 Å². The molecule has 1 aromatic heterocycles. The summed E-state index contributed by atoms with van der Waals surface area (Å²) in [7, 11) is 0. The SMILES string of the molecule is O=C(CCNC(=O)c1ccc([N+](=O)[O-])cc1)Nc1ccccc1-c1nc2ccccc2[nH]1. The maximum Gasteiger partial charge on any atom is 0.269 e. The number of fused-ring (bicyclic) bond motifs is 1. The first-order valence-corrected chi connectivity index (χ1v) is 9.88. The molecular weight excluding hydrogens is 410 g/mol. The number of benzene rings is 3. The average molecular weight is 429 g/mol. The van der Waals surface area contributed by atoms with Crippen LogP contribution in [0.1, 0.15) is 16.8 Å². The molecule has 0 unspecified atom stereocenters. The first-order chi connectivity index (χ1) is 15.5. The zero-order valence-electron chi connectivity index (χ0n) is 16.9. The van der Waals surface area contributed by atoms with E-state index in [0.29, 0.717) is 11.5 Å². The Balaban J connectivity index is 1.36. The van der Waals surface area contributed by atoms with Crippen molar-refractivity contribution >= 4 is 34.2 Å². The molecule has 3 N–H and O–H groups in total. The van der Waals surface area contributed by atoms with E-state index in [2.05, 4.69) is 20.6 Å². The third-order valence-electron chi connectivity index (χ3n) is 4.82. The van der Waals surface area contributed by atoms with Crippen molar-refractivity contribution in [2.45, 2.75) is 6.42 Å². The molecule has 9 nitrogen and oxygen atoms in total. The second kappa shape index (κ2) is 9.09. The molecule has 0 saturated heterocycles. The van der Waals surface area contributed by atoms with Crippen molar-refractivity contribution < 1.29 is 14.5 Å². The summed E-state index contributed by atoms with van der Waals surface area (Å²) in [5, 5.41) is 16.2. The van der Waals surface area contributed by atoms with E-state index >= 15 is 0 Å². The third kappa shape index (κ3) is 4.62. The van der Waals surface area contributed by atoms with Crippen LogP contribution in [0.25, 0.3) is 22.4 Å². The van der Waals surface area contributed by atoms with Crippen LogP contribution in [0.3, 0.4) is 0 Å². The van der Waals surface area contributed by atoms with Gasteiger partial charge in [0.05, 0.1) is 21.6 Å². The lowest BCUT2D eigenvalue weighted by molar-refractivity contribution is -0.384. The second-order valence-corrected chi connectivity index (χ2v) is 7.01. The minimum atomic E-state index is -0.533. The van der Waals surface area contributed by atoms with Gasteiger partial charge in [0.2, 0.25) is 5.91 Å². The molecule has 0 aliphatic carbocycles. The van der Waals surface area contributed by atoms with Crippen molar-refractivity contribution in [3.63, 3.8) is 0 Å². The van der Waals surface area contributed by atoms with Gasteiger partial charge in [0.1, 0.15) is 5.82 Å². The molecule has 3 aromatic carbocycles. The number of nitrogens with zero attached hydrogens (tertiary/aromatic N) is 2. The van der Waals surface area contributed by atoms with Gasteiger partial charge in [-0.05, 0) is 36.4 Å². The highest BCUT2D eigenvalue weighted by Gasteiger charge is 2.13. The zero-order valence-corrected chi connectivity index (χ0v) is 16.9. The fraction of sp³-hybridized carbons (Fsp3) is 0.0870. The predicted molar refractivity (Wildman–Crippen MR) is 120 cm³/mol. The van der Waals surface area contributed by atoms with Crippen LogP contribution >= 0.6 is 0 Å². The summed E-state index contributed by atoms with van der Waals surface area (Å²) in [6.45, 7) is 0.120. The molecule has 0 saturated carbocycles. The quantitative estimate of drug-likeness (QED) is 0.303. The number of nitro benzene ring substituents is 1. The number of imidazole rings is 1. The van der Waals surface area contributed by atoms with E-state index in [4.69, 9.17) is 0 Å². The summed E-state index contributed by atoms with van der Waals surface area (Å²) in [4.78, 5) is 42.6. The molecule has 0 atom stereocenters. The average Bonchev–Trinajstić information content (AvgIpc) is 3.23. The Morgan fingerprint density at radius 3 is 2.44 bits per heavy atom. The fourth-order valence-corrected chi connectivity index (χ4v) is 3.22. The standard InChI is InChI=1S/C23H19N5O4/c29-21(13-14-24-23(30)15-9-11-16(12-10-15)28(31)32)25-18-6-2-1-5-17(18)22-26-19-7-3-4-8-20(19)27-22/h1-12H,13-14H2,(H,24,30)(H,25,29)(H,26,27). The van der Waals surface area contributed by atoms with Crippen molar-refractivity contribution in [3.8, 4) is 11.4 Å². The molecule has 0 aliphatic heterocycles. The van der Waals surface area contributed by atoms with Gasteiger partial charge in [-0.25, -0.2) is 4.98 Å². The molecule has 0 spiro atoms. The summed E-state index contributed by atoms with van der Waals surface area (Å²) in [6, 6.07) is 20.3. The number of rotatable bonds is 7. The predicted octanol–water partition coefficient (Wildman–Crippen LogP) is 3.90. The first kappa shape index (κ1) is 20.7. The number of carbonyl (C=O) groups excluding carboxylic acids is 2. The van der Waals surface area contributed by atoms with Gasteiger partial charge >= 0.3 is 0 Å². The Morgan fingerprint density at radius 1 is 0.969 bits per heavy atom. The number of amides is 2. The molecule has 0 fully saturated rings. The Kier molecular flexibility index (Phi) is 5.89. The van der Waals surface area contributed by atoms with Gasteiger partial charge in [-0.3, -0.25) is 19.7 Å². The molecule has 0 radical (unpaired) electrons. The molecule has 0 bridgehead atoms. The summed E-state index contributed by atoms with van der Waals surface area (Å²) in [6.07, 6.45) is 0.0627. The van der Waals surface area contributed by atoms with Crippen molar-refractivity contribution in [3.05, 3.63) is 88.5 Å². The highest BCUT2D eigenvalue weighted by molar-refractivity contribution is 5.97. The number of hydrogen-bond donors (Lipinski definition) is 3. The van der Waals surface area contributed by atoms with Crippen LogP contribution < -0.4 is 10.6 Å². The maximum absolute atomic E-state index is 12.4. The number of carbonyl (C=O) groups is 2. The Morgan fingerprint density at radius 2 is 1.69 bits per heavy atom. The molecule has 32 heavy (non-hydrogen) atoms. The number of para-hydroxylation sites is 3. The van der Waals surface area contributed by atoms with E-state index < -0.39 is 10.8 Å². The van der Waals surface area contributed by atoms with E-state index in [1.54, 1.807) is 6.07 Å². The Bertz CT molecular complexity index is 1260. The maximum atomic E-state index is 12.4. The summed E-state index contributed by atoms with van der Waals surface area (Å²) < 4.78 is 0. The Labute approximate surface area is 182 Å². The van der Waals surface area contributed by atoms with Gasteiger partial charge in [-0.2, -0.15) is 0 Å². The van der Waals surface area contributed by atoms with E-state index in [-0.39, 0.29) is 30.1 Å². The first-order valence-electron chi connectivity index (χ1n) is 9.88. The van der Waals surface area contributed by atoms with Crippen LogP contribution in [0.4, 0.5) is 11.4 Å². The Hall–Kier alpha value is -4.53. The van der Waals surface area contributed by atoms with E-state index in [9.17, 15) is 19.7 Å². The highest BCUT2D eigenvalue weighted by Crippen LogP contribution is 2.27. The molecule has 1 heterocycles. The van der Waals surface area contributed by atoms with Crippen LogP contribution in [0.15, 0.2) is 72.8 Å². The smallest absolute Gasteiger partial charge is 0.269 e. The number of aromatic amines is 1. The van der Waals surface area contributed by atoms with E-state index in [0.717, 1.165) is 16.6 Å². The molecule has 4 rings (SSSR count). The largest absolute Gasteiger partial charge is 0.352 e. The molecule has 4 aromatic rings. The van der Waals surface area contributed by atoms with Crippen molar-refractivity contribution in [1.82, 2.24) is 15.3 Å². The van der Waals surface area contributed by atoms with Crippen LogP contribution in [0.2, 0.25) is 0 Å². The monoisotopic (exact) mass is 429 g/mol. The number of aromatic nitrogens is 2. The van der Waals surface area contributed by atoms with Crippen LogP contribution in [-0.2, 0) is 4.79 Å². The molecular formula is C23H19N5O4. The third-order valence-corrected chi connectivity index (χ3v) is 4.82. The van der Waals surface area contributed by atoms with Crippen LogP contribution in [0, 0.1) is 10.1 Å². The number of nitrogens with one attached hydrogen (secondary N) is 3. The number of anilines is 1. The second-order valence-electron chi connectivity index (χ2n) is 7.01. The zero-order chi connectivity index (χ0) is 22.5. The molecule has 160 valence electrons. The summed E-state index contributed by atoms with van der Waals surface area (Å²) in [5.41, 5.74) is 3.29. The topological polar surface area (TPSA) is 130 Å². The molecule has 9 heteroatoms. The molecule has 0 aliphatic rings. The number of hydrogen-bond acceptors (Lipinski definition) is 5. The van der Waals surface area contributed by atoms with Crippen molar-refractivity contribution in [2.75, 3.05) is 11.9 Å². The lowest BCUT2D eigenvalue weighted by Crippen LogP contribution is -2.27. The van der Waals surface area contributed by atoms with Gasteiger partial charge in [-0.1, -0.05) is 24.3 Å². The van der Waals surface area contributed by atoms with Gasteiger partial charge < -0.3 is 15.6 Å². The summed E-state index contributed by atoms with van der Waals surface area (Å²) in [5.74, 6) is -0.0264. The van der Waals surface area contributed by atoms with Crippen molar-refractivity contribution in [2.24, 2.45) is 0 Å². The number of non-ortho nitro benzene ring substituents is 1. The normalized spacial score (nSPS) is 10.6. The minimum Gasteiger partial charge on any atom is -0.352 e. The highest BCUT2D eigenvalue weighted by atomic mass is 16.6. The lowest BCUT2D eigenvalue weighted by Gasteiger charge is -2.10.